The van der Waals surface area contributed by atoms with E-state index in [9.17, 15) is 13.2 Å². The van der Waals surface area contributed by atoms with Crippen LogP contribution < -0.4 is 5.32 Å². The number of piperidine rings is 1. The molecule has 1 heterocycles. The van der Waals surface area contributed by atoms with Crippen LogP contribution >= 0.6 is 0 Å². The molecule has 2 aromatic rings. The summed E-state index contributed by atoms with van der Waals surface area (Å²) in [5, 5.41) is 3.11. The highest BCUT2D eigenvalue weighted by Crippen LogP contribution is 2.25. The molecule has 1 aliphatic heterocycles. The molecular formula is C22H28N2O3S. The number of sulfonamides is 1. The van der Waals surface area contributed by atoms with Gasteiger partial charge in [-0.15, -0.1) is 0 Å². The maximum Gasteiger partial charge on any atom is 0.243 e. The molecule has 150 valence electrons. The van der Waals surface area contributed by atoms with Crippen molar-refractivity contribution in [3.63, 3.8) is 0 Å². The summed E-state index contributed by atoms with van der Waals surface area (Å²) in [5.74, 6) is -0.397. The van der Waals surface area contributed by atoms with Gasteiger partial charge < -0.3 is 5.32 Å². The van der Waals surface area contributed by atoms with Gasteiger partial charge in [0.1, 0.15) is 0 Å². The summed E-state index contributed by atoms with van der Waals surface area (Å²) in [6, 6.07) is 16.7. The quantitative estimate of drug-likeness (QED) is 0.805. The van der Waals surface area contributed by atoms with Crippen molar-refractivity contribution in [3.8, 4) is 0 Å². The van der Waals surface area contributed by atoms with Gasteiger partial charge in [-0.05, 0) is 43.9 Å². The Morgan fingerprint density at radius 2 is 1.82 bits per heavy atom. The molecule has 3 rings (SSSR count). The van der Waals surface area contributed by atoms with Gasteiger partial charge in [-0.3, -0.25) is 4.79 Å². The molecule has 0 spiro atoms. The number of nitrogens with one attached hydrogen (secondary N) is 1. The zero-order chi connectivity index (χ0) is 20.1. The van der Waals surface area contributed by atoms with Gasteiger partial charge in [0, 0.05) is 13.1 Å². The average Bonchev–Trinajstić information content (AvgIpc) is 2.73. The van der Waals surface area contributed by atoms with E-state index in [0.29, 0.717) is 19.4 Å². The van der Waals surface area contributed by atoms with E-state index in [2.05, 4.69) is 5.32 Å². The smallest absolute Gasteiger partial charge is 0.243 e. The highest BCUT2D eigenvalue weighted by atomic mass is 32.2. The molecule has 1 N–H and O–H groups in total. The number of carbonyl (C=O) groups is 1. The Balaban J connectivity index is 1.70. The minimum atomic E-state index is -3.58. The normalized spacial score (nSPS) is 19.1. The van der Waals surface area contributed by atoms with Crippen LogP contribution in [0, 0.1) is 12.8 Å². The first-order valence-corrected chi connectivity index (χ1v) is 11.3. The van der Waals surface area contributed by atoms with E-state index in [4.69, 9.17) is 0 Å². The van der Waals surface area contributed by atoms with Crippen LogP contribution in [0.4, 0.5) is 0 Å². The number of benzene rings is 2. The average molecular weight is 401 g/mol. The summed E-state index contributed by atoms with van der Waals surface area (Å²) in [6.45, 7) is 4.64. The van der Waals surface area contributed by atoms with E-state index in [1.54, 1.807) is 24.3 Å². The van der Waals surface area contributed by atoms with Crippen LogP contribution in [-0.4, -0.2) is 31.7 Å². The fourth-order valence-corrected chi connectivity index (χ4v) is 5.15. The molecule has 1 saturated heterocycles. The number of rotatable bonds is 6. The largest absolute Gasteiger partial charge is 0.349 e. The minimum absolute atomic E-state index is 0.0576. The molecule has 0 unspecified atom stereocenters. The van der Waals surface area contributed by atoms with E-state index in [1.165, 1.54) is 4.31 Å². The van der Waals surface area contributed by atoms with Crippen molar-refractivity contribution in [3.05, 3.63) is 65.7 Å². The number of aryl methyl sites for hydroxylation is 1. The van der Waals surface area contributed by atoms with Gasteiger partial charge in [-0.25, -0.2) is 8.42 Å². The zero-order valence-electron chi connectivity index (χ0n) is 16.5. The standard InChI is InChI=1S/C22H28N2O3S/c1-3-21(18-8-5-4-6-9-18)23-22(25)19-10-7-15-24(16-19)28(26,27)20-13-11-17(2)12-14-20/h4-6,8-9,11-14,19,21H,3,7,10,15-16H2,1-2H3,(H,23,25)/t19-,21-/m0/s1. The van der Waals surface area contributed by atoms with Crippen molar-refractivity contribution in [1.29, 1.82) is 0 Å². The summed E-state index contributed by atoms with van der Waals surface area (Å²) >= 11 is 0. The van der Waals surface area contributed by atoms with Crippen LogP contribution in [0.15, 0.2) is 59.5 Å². The maximum atomic E-state index is 13.0. The number of carbonyl (C=O) groups excluding carboxylic acids is 1. The molecule has 1 fully saturated rings. The van der Waals surface area contributed by atoms with E-state index >= 15 is 0 Å². The highest BCUT2D eigenvalue weighted by Gasteiger charge is 2.33. The predicted molar refractivity (Wildman–Crippen MR) is 110 cm³/mol. The molecule has 0 saturated carbocycles. The molecule has 0 bridgehead atoms. The van der Waals surface area contributed by atoms with Crippen molar-refractivity contribution >= 4 is 15.9 Å². The fraction of sp³-hybridized carbons (Fsp3) is 0.409. The Hall–Kier alpha value is -2.18. The molecule has 28 heavy (non-hydrogen) atoms. The lowest BCUT2D eigenvalue weighted by atomic mass is 9.97. The van der Waals surface area contributed by atoms with Crippen LogP contribution in [0.5, 0.6) is 0 Å². The lowest BCUT2D eigenvalue weighted by Crippen LogP contribution is -2.46. The van der Waals surface area contributed by atoms with Crippen molar-refractivity contribution < 1.29 is 13.2 Å². The Labute approximate surface area is 167 Å². The van der Waals surface area contributed by atoms with E-state index in [0.717, 1.165) is 17.5 Å². The summed E-state index contributed by atoms with van der Waals surface area (Å²) in [6.07, 6.45) is 2.18. The molecule has 0 aliphatic carbocycles. The second kappa shape index (κ2) is 8.88. The van der Waals surface area contributed by atoms with Crippen LogP contribution in [0.1, 0.15) is 43.4 Å². The predicted octanol–water partition coefficient (Wildman–Crippen LogP) is 3.66. The molecular weight excluding hydrogens is 372 g/mol. The molecule has 2 aromatic carbocycles. The van der Waals surface area contributed by atoms with E-state index in [1.807, 2.05) is 44.2 Å². The Bertz CT molecular complexity index is 895. The molecule has 1 amide bonds. The maximum absolute atomic E-state index is 13.0. The third kappa shape index (κ3) is 4.62. The molecule has 5 nitrogen and oxygen atoms in total. The number of hydrogen-bond acceptors (Lipinski definition) is 3. The van der Waals surface area contributed by atoms with E-state index in [-0.39, 0.29) is 29.3 Å². The number of hydrogen-bond donors (Lipinski definition) is 1. The SMILES string of the molecule is CC[C@H](NC(=O)[C@H]1CCCN(S(=O)(=O)c2ccc(C)cc2)C1)c1ccccc1. The first-order chi connectivity index (χ1) is 13.4. The van der Waals surface area contributed by atoms with Crippen molar-refractivity contribution in [1.82, 2.24) is 9.62 Å². The summed E-state index contributed by atoms with van der Waals surface area (Å²) in [4.78, 5) is 13.1. The van der Waals surface area contributed by atoms with Gasteiger partial charge in [0.15, 0.2) is 0 Å². The van der Waals surface area contributed by atoms with Crippen LogP contribution in [0.25, 0.3) is 0 Å². The fourth-order valence-electron chi connectivity index (χ4n) is 3.63. The monoisotopic (exact) mass is 400 g/mol. The van der Waals surface area contributed by atoms with Gasteiger partial charge in [-0.1, -0.05) is 55.0 Å². The van der Waals surface area contributed by atoms with E-state index < -0.39 is 10.0 Å². The van der Waals surface area contributed by atoms with Crippen LogP contribution in [0.2, 0.25) is 0 Å². The summed E-state index contributed by atoms with van der Waals surface area (Å²) in [7, 11) is -3.58. The van der Waals surface area contributed by atoms with Gasteiger partial charge in [0.2, 0.25) is 15.9 Å². The van der Waals surface area contributed by atoms with Gasteiger partial charge >= 0.3 is 0 Å². The second-order valence-corrected chi connectivity index (χ2v) is 9.33. The zero-order valence-corrected chi connectivity index (χ0v) is 17.3. The molecule has 0 radical (unpaired) electrons. The molecule has 1 aliphatic rings. The lowest BCUT2D eigenvalue weighted by molar-refractivity contribution is -0.126. The summed E-state index contributed by atoms with van der Waals surface area (Å²) < 4.78 is 27.4. The number of nitrogens with zero attached hydrogens (tertiary/aromatic N) is 1. The van der Waals surface area contributed by atoms with Crippen LogP contribution in [0.3, 0.4) is 0 Å². The van der Waals surface area contributed by atoms with Crippen LogP contribution in [-0.2, 0) is 14.8 Å². The van der Waals surface area contributed by atoms with Gasteiger partial charge in [0.05, 0.1) is 16.9 Å². The molecule has 2 atom stereocenters. The molecule has 0 aromatic heterocycles. The third-order valence-corrected chi connectivity index (χ3v) is 7.22. The topological polar surface area (TPSA) is 66.5 Å². The highest BCUT2D eigenvalue weighted by molar-refractivity contribution is 7.89. The summed E-state index contributed by atoms with van der Waals surface area (Å²) in [5.41, 5.74) is 2.08. The first-order valence-electron chi connectivity index (χ1n) is 9.84. The van der Waals surface area contributed by atoms with Gasteiger partial charge in [-0.2, -0.15) is 4.31 Å². The van der Waals surface area contributed by atoms with Gasteiger partial charge in [0.25, 0.3) is 0 Å². The molecule has 6 heteroatoms. The second-order valence-electron chi connectivity index (χ2n) is 7.40. The van der Waals surface area contributed by atoms with Crippen molar-refractivity contribution in [2.75, 3.05) is 13.1 Å². The van der Waals surface area contributed by atoms with Crippen molar-refractivity contribution in [2.45, 2.75) is 44.0 Å². The Morgan fingerprint density at radius 1 is 1.14 bits per heavy atom. The Kier molecular flexibility index (Phi) is 6.52. The lowest BCUT2D eigenvalue weighted by Gasteiger charge is -2.32. The Morgan fingerprint density at radius 3 is 2.46 bits per heavy atom. The van der Waals surface area contributed by atoms with Crippen molar-refractivity contribution in [2.24, 2.45) is 5.92 Å². The first kappa shape index (κ1) is 20.6. The number of amides is 1. The third-order valence-electron chi connectivity index (χ3n) is 5.34. The minimum Gasteiger partial charge on any atom is -0.349 e.